The highest BCUT2D eigenvalue weighted by molar-refractivity contribution is 7.17. The van der Waals surface area contributed by atoms with Crippen LogP contribution in [0.5, 0.6) is 0 Å². The monoisotopic (exact) mass is 271 g/mol. The molecule has 3 N–H and O–H groups in total. The minimum Gasteiger partial charge on any atom is -0.363 e. The van der Waals surface area contributed by atoms with Gasteiger partial charge < -0.3 is 16.0 Å². The van der Waals surface area contributed by atoms with Crippen LogP contribution >= 0.6 is 11.3 Å². The Labute approximate surface area is 109 Å². The van der Waals surface area contributed by atoms with Crippen LogP contribution in [0.3, 0.4) is 0 Å². The van der Waals surface area contributed by atoms with E-state index in [0.717, 1.165) is 11.3 Å². The van der Waals surface area contributed by atoms with Crippen LogP contribution < -0.4 is 16.0 Å². The quantitative estimate of drug-likeness (QED) is 0.688. The second kappa shape index (κ2) is 6.90. The van der Waals surface area contributed by atoms with Gasteiger partial charge >= 0.3 is 0 Å². The smallest absolute Gasteiger partial charge is 0.282 e. The molecule has 1 aromatic heterocycles. The van der Waals surface area contributed by atoms with E-state index < -0.39 is 0 Å². The molecule has 7 nitrogen and oxygen atoms in total. The molecule has 0 aliphatic heterocycles. The highest BCUT2D eigenvalue weighted by atomic mass is 32.1. The number of rotatable bonds is 6. The van der Waals surface area contributed by atoms with Gasteiger partial charge in [0.1, 0.15) is 0 Å². The third-order valence-corrected chi connectivity index (χ3v) is 2.86. The summed E-state index contributed by atoms with van der Waals surface area (Å²) >= 11 is 1.16. The second-order valence-electron chi connectivity index (χ2n) is 3.89. The Morgan fingerprint density at radius 1 is 1.33 bits per heavy atom. The molecule has 0 saturated carbocycles. The summed E-state index contributed by atoms with van der Waals surface area (Å²) in [6, 6.07) is 0.106. The molecule has 0 bridgehead atoms. The van der Waals surface area contributed by atoms with Crippen LogP contribution in [0, 0.1) is 0 Å². The molecule has 1 heterocycles. The van der Waals surface area contributed by atoms with Crippen LogP contribution in [0.25, 0.3) is 0 Å². The number of carbonyl (C=O) groups is 2. The summed E-state index contributed by atoms with van der Waals surface area (Å²) in [5.41, 5.74) is 0. The van der Waals surface area contributed by atoms with Crippen LogP contribution in [-0.4, -0.2) is 41.6 Å². The van der Waals surface area contributed by atoms with E-state index >= 15 is 0 Å². The normalized spacial score (nSPS) is 10.2. The van der Waals surface area contributed by atoms with Gasteiger partial charge in [0.25, 0.3) is 5.91 Å². The Kier molecular flexibility index (Phi) is 5.50. The van der Waals surface area contributed by atoms with E-state index in [0.29, 0.717) is 5.13 Å². The first-order chi connectivity index (χ1) is 8.52. The van der Waals surface area contributed by atoms with Gasteiger partial charge in [-0.15, -0.1) is 10.2 Å². The summed E-state index contributed by atoms with van der Waals surface area (Å²) in [5, 5.41) is 16.5. The highest BCUT2D eigenvalue weighted by Crippen LogP contribution is 2.13. The molecule has 8 heteroatoms. The third kappa shape index (κ3) is 4.66. The summed E-state index contributed by atoms with van der Waals surface area (Å²) in [5.74, 6) is -0.398. The van der Waals surface area contributed by atoms with Crippen LogP contribution in [0.1, 0.15) is 30.1 Å². The highest BCUT2D eigenvalue weighted by Gasteiger charge is 2.12. The van der Waals surface area contributed by atoms with Crippen molar-refractivity contribution < 1.29 is 9.59 Å². The Morgan fingerprint density at radius 3 is 2.61 bits per heavy atom. The number of amides is 2. The number of carbonyl (C=O) groups excluding carboxylic acids is 2. The van der Waals surface area contributed by atoms with E-state index in [-0.39, 0.29) is 35.8 Å². The molecule has 0 fully saturated rings. The van der Waals surface area contributed by atoms with Crippen molar-refractivity contribution in [2.45, 2.75) is 26.3 Å². The molecule has 1 rings (SSSR count). The van der Waals surface area contributed by atoms with E-state index in [1.54, 1.807) is 7.05 Å². The maximum absolute atomic E-state index is 11.6. The summed E-state index contributed by atoms with van der Waals surface area (Å²) in [6.07, 6.45) is 0.252. The van der Waals surface area contributed by atoms with Crippen molar-refractivity contribution in [2.75, 3.05) is 18.9 Å². The average molecular weight is 271 g/mol. The predicted octanol–water partition coefficient (Wildman–Crippen LogP) is 0.224. The molecule has 1 aromatic rings. The Balaban J connectivity index is 2.31. The van der Waals surface area contributed by atoms with Gasteiger partial charge in [0, 0.05) is 26.1 Å². The maximum atomic E-state index is 11.6. The molecule has 0 aromatic carbocycles. The van der Waals surface area contributed by atoms with Gasteiger partial charge in [-0.3, -0.25) is 9.59 Å². The fraction of sp³-hybridized carbons (Fsp3) is 0.600. The summed E-state index contributed by atoms with van der Waals surface area (Å²) in [6.45, 7) is 4.06. The van der Waals surface area contributed by atoms with Crippen molar-refractivity contribution in [3.05, 3.63) is 5.01 Å². The van der Waals surface area contributed by atoms with Gasteiger partial charge in [0.2, 0.25) is 16.0 Å². The van der Waals surface area contributed by atoms with Gasteiger partial charge in [-0.2, -0.15) is 0 Å². The minimum atomic E-state index is -0.314. The summed E-state index contributed by atoms with van der Waals surface area (Å²) in [4.78, 5) is 22.9. The number of aromatic nitrogens is 2. The molecule has 0 spiro atoms. The predicted molar refractivity (Wildman–Crippen MR) is 69.7 cm³/mol. The standard InChI is InChI=1S/C10H17N5O2S/c1-6(2)13-7(16)4-5-12-8(17)9-14-15-10(11-3)18-9/h6H,4-5H2,1-3H3,(H,11,15)(H,12,17)(H,13,16). The van der Waals surface area contributed by atoms with Gasteiger partial charge in [-0.25, -0.2) is 0 Å². The van der Waals surface area contributed by atoms with Gasteiger partial charge in [-0.05, 0) is 13.8 Å². The molecule has 0 atom stereocenters. The fourth-order valence-electron chi connectivity index (χ4n) is 1.18. The van der Waals surface area contributed by atoms with Crippen molar-refractivity contribution in [2.24, 2.45) is 0 Å². The van der Waals surface area contributed by atoms with E-state index in [2.05, 4.69) is 26.1 Å². The van der Waals surface area contributed by atoms with Gasteiger partial charge in [0.05, 0.1) is 0 Å². The Morgan fingerprint density at radius 2 is 2.06 bits per heavy atom. The molecule has 0 unspecified atom stereocenters. The SMILES string of the molecule is CNc1nnc(C(=O)NCCC(=O)NC(C)C)s1. The van der Waals surface area contributed by atoms with Crippen molar-refractivity contribution >= 4 is 28.3 Å². The molecular formula is C10H17N5O2S. The number of nitrogens with one attached hydrogen (secondary N) is 3. The Bertz CT molecular complexity index is 418. The zero-order valence-corrected chi connectivity index (χ0v) is 11.4. The fourth-order valence-corrected chi connectivity index (χ4v) is 1.79. The molecule has 0 saturated heterocycles. The number of anilines is 1. The second-order valence-corrected chi connectivity index (χ2v) is 4.87. The van der Waals surface area contributed by atoms with Crippen LogP contribution in [0.15, 0.2) is 0 Å². The lowest BCUT2D eigenvalue weighted by atomic mass is 10.3. The topological polar surface area (TPSA) is 96.0 Å². The van der Waals surface area contributed by atoms with E-state index in [4.69, 9.17) is 0 Å². The molecule has 0 aliphatic rings. The van der Waals surface area contributed by atoms with Crippen molar-refractivity contribution in [3.63, 3.8) is 0 Å². The lowest BCUT2D eigenvalue weighted by Gasteiger charge is -2.08. The maximum Gasteiger partial charge on any atom is 0.282 e. The first-order valence-corrected chi connectivity index (χ1v) is 6.43. The van der Waals surface area contributed by atoms with Crippen molar-refractivity contribution in [3.8, 4) is 0 Å². The molecule has 18 heavy (non-hydrogen) atoms. The van der Waals surface area contributed by atoms with E-state index in [9.17, 15) is 9.59 Å². The molecule has 100 valence electrons. The number of hydrogen-bond donors (Lipinski definition) is 3. The molecule has 0 radical (unpaired) electrons. The van der Waals surface area contributed by atoms with Crippen LogP contribution in [0.2, 0.25) is 0 Å². The largest absolute Gasteiger partial charge is 0.363 e. The molecular weight excluding hydrogens is 254 g/mol. The first-order valence-electron chi connectivity index (χ1n) is 5.61. The lowest BCUT2D eigenvalue weighted by molar-refractivity contribution is -0.121. The lowest BCUT2D eigenvalue weighted by Crippen LogP contribution is -2.34. The summed E-state index contributed by atoms with van der Waals surface area (Å²) in [7, 11) is 1.71. The summed E-state index contributed by atoms with van der Waals surface area (Å²) < 4.78 is 0. The molecule has 2 amide bonds. The first kappa shape index (κ1) is 14.4. The van der Waals surface area contributed by atoms with Gasteiger partial charge in [-0.1, -0.05) is 11.3 Å². The zero-order chi connectivity index (χ0) is 13.5. The van der Waals surface area contributed by atoms with Crippen molar-refractivity contribution in [1.82, 2.24) is 20.8 Å². The zero-order valence-electron chi connectivity index (χ0n) is 10.6. The van der Waals surface area contributed by atoms with E-state index in [1.807, 2.05) is 13.8 Å². The number of nitrogens with zero attached hydrogens (tertiary/aromatic N) is 2. The van der Waals surface area contributed by atoms with Gasteiger partial charge in [0.15, 0.2) is 0 Å². The molecule has 0 aliphatic carbocycles. The number of hydrogen-bond acceptors (Lipinski definition) is 6. The van der Waals surface area contributed by atoms with Crippen LogP contribution in [0.4, 0.5) is 5.13 Å². The average Bonchev–Trinajstić information content (AvgIpc) is 2.76. The van der Waals surface area contributed by atoms with Crippen molar-refractivity contribution in [1.29, 1.82) is 0 Å². The van der Waals surface area contributed by atoms with E-state index in [1.165, 1.54) is 0 Å². The minimum absolute atomic E-state index is 0.0847. The third-order valence-electron chi connectivity index (χ3n) is 1.92. The Hall–Kier alpha value is -1.70. The van der Waals surface area contributed by atoms with Crippen LogP contribution in [-0.2, 0) is 4.79 Å².